The molecule has 3 aliphatic rings. The van der Waals surface area contributed by atoms with Gasteiger partial charge in [-0.3, -0.25) is 0 Å². The second-order valence-corrected chi connectivity index (χ2v) is 12.5. The molecule has 4 atom stereocenters. The van der Waals surface area contributed by atoms with Crippen LogP contribution in [0.15, 0.2) is 48.5 Å². The summed E-state index contributed by atoms with van der Waals surface area (Å²) in [6, 6.07) is 14.8. The molecule has 202 valence electrons. The Hall–Kier alpha value is -2.09. The minimum Gasteiger partial charge on any atom is -0.378 e. The lowest BCUT2D eigenvalue weighted by molar-refractivity contribution is -0.137. The molecular weight excluding hydrogens is 475 g/mol. The van der Waals surface area contributed by atoms with Crippen LogP contribution < -0.4 is 16.0 Å². The molecule has 0 aromatic heterocycles. The van der Waals surface area contributed by atoms with E-state index in [4.69, 9.17) is 4.74 Å². The van der Waals surface area contributed by atoms with Crippen LogP contribution >= 0.6 is 0 Å². The molecule has 2 saturated heterocycles. The van der Waals surface area contributed by atoms with Crippen molar-refractivity contribution >= 4 is 5.69 Å². The third-order valence-corrected chi connectivity index (χ3v) is 8.35. The van der Waals surface area contributed by atoms with Crippen molar-refractivity contribution < 1.29 is 17.9 Å². The van der Waals surface area contributed by atoms with E-state index in [0.29, 0.717) is 12.6 Å². The number of piperidine rings is 1. The van der Waals surface area contributed by atoms with Crippen LogP contribution in [0.2, 0.25) is 0 Å². The van der Waals surface area contributed by atoms with Crippen LogP contribution in [0.1, 0.15) is 82.0 Å². The van der Waals surface area contributed by atoms with Gasteiger partial charge in [0.1, 0.15) is 0 Å². The predicted octanol–water partition coefficient (Wildman–Crippen LogP) is 6.65. The first-order valence-corrected chi connectivity index (χ1v) is 13.6. The fourth-order valence-corrected chi connectivity index (χ4v) is 7.11. The van der Waals surface area contributed by atoms with Gasteiger partial charge in [-0.05, 0) is 88.6 Å². The van der Waals surface area contributed by atoms with Gasteiger partial charge in [0.2, 0.25) is 0 Å². The standard InChI is InChI=1S/C30H40F3N3O/c1-28(2)15-21(16-29(3,4)36-28)34-17-22-11-12-23-25(18-37-22)24-14-20(30(31,32)33)10-13-26(24)35-27(23)19-8-6-5-7-9-19/h5-10,13-14,21-23,25,27,34-36H,11-12,15-18H2,1-4H3/t22-,23-,25?,27+/m1/s1. The molecule has 2 aromatic carbocycles. The zero-order chi connectivity index (χ0) is 26.4. The molecule has 7 heteroatoms. The molecule has 2 fully saturated rings. The van der Waals surface area contributed by atoms with Crippen molar-refractivity contribution in [3.8, 4) is 0 Å². The molecule has 0 aliphatic carbocycles. The lowest BCUT2D eigenvalue weighted by atomic mass is 9.73. The predicted molar refractivity (Wildman–Crippen MR) is 142 cm³/mol. The Balaban J connectivity index is 1.36. The van der Waals surface area contributed by atoms with Crippen molar-refractivity contribution in [3.05, 3.63) is 65.2 Å². The van der Waals surface area contributed by atoms with E-state index in [0.717, 1.165) is 43.5 Å². The lowest BCUT2D eigenvalue weighted by Gasteiger charge is -2.47. The third kappa shape index (κ3) is 5.99. The summed E-state index contributed by atoms with van der Waals surface area (Å²) < 4.78 is 47.2. The van der Waals surface area contributed by atoms with Crippen molar-refractivity contribution in [2.45, 2.75) is 94.7 Å². The normalized spacial score (nSPS) is 29.5. The maximum atomic E-state index is 13.6. The first-order valence-electron chi connectivity index (χ1n) is 13.6. The zero-order valence-electron chi connectivity index (χ0n) is 22.3. The molecule has 1 unspecified atom stereocenters. The number of hydrogen-bond acceptors (Lipinski definition) is 4. The van der Waals surface area contributed by atoms with Crippen LogP contribution in [-0.4, -0.2) is 36.4 Å². The van der Waals surface area contributed by atoms with E-state index >= 15 is 0 Å². The van der Waals surface area contributed by atoms with Crippen LogP contribution in [-0.2, 0) is 10.9 Å². The topological polar surface area (TPSA) is 45.3 Å². The van der Waals surface area contributed by atoms with Gasteiger partial charge >= 0.3 is 6.18 Å². The Morgan fingerprint density at radius 3 is 2.35 bits per heavy atom. The first kappa shape index (κ1) is 26.5. The monoisotopic (exact) mass is 515 g/mol. The Morgan fingerprint density at radius 1 is 0.973 bits per heavy atom. The molecule has 4 nitrogen and oxygen atoms in total. The van der Waals surface area contributed by atoms with Gasteiger partial charge in [0.25, 0.3) is 0 Å². The van der Waals surface area contributed by atoms with E-state index in [1.165, 1.54) is 17.7 Å². The summed E-state index contributed by atoms with van der Waals surface area (Å²) in [7, 11) is 0. The van der Waals surface area contributed by atoms with Gasteiger partial charge in [0.05, 0.1) is 24.3 Å². The second kappa shape index (κ2) is 9.90. The maximum absolute atomic E-state index is 13.6. The van der Waals surface area contributed by atoms with E-state index in [9.17, 15) is 13.2 Å². The summed E-state index contributed by atoms with van der Waals surface area (Å²) in [5.41, 5.74) is 2.20. The third-order valence-electron chi connectivity index (χ3n) is 8.35. The van der Waals surface area contributed by atoms with Crippen LogP contribution in [0.5, 0.6) is 0 Å². The highest BCUT2D eigenvalue weighted by molar-refractivity contribution is 5.59. The largest absolute Gasteiger partial charge is 0.416 e. The van der Waals surface area contributed by atoms with Crippen LogP contribution in [0.25, 0.3) is 0 Å². The summed E-state index contributed by atoms with van der Waals surface area (Å²) in [6.07, 6.45) is -0.468. The Kier molecular flexibility index (Phi) is 7.09. The van der Waals surface area contributed by atoms with E-state index in [1.807, 2.05) is 18.2 Å². The highest BCUT2D eigenvalue weighted by atomic mass is 19.4. The van der Waals surface area contributed by atoms with Crippen molar-refractivity contribution in [2.75, 3.05) is 18.5 Å². The quantitative estimate of drug-likeness (QED) is 0.427. The molecule has 0 radical (unpaired) electrons. The average molecular weight is 516 g/mol. The first-order chi connectivity index (χ1) is 17.4. The molecule has 0 saturated carbocycles. The Bertz CT molecular complexity index is 1070. The molecule has 0 bridgehead atoms. The molecule has 2 aromatic rings. The van der Waals surface area contributed by atoms with Gasteiger partial charge in [-0.15, -0.1) is 0 Å². The van der Waals surface area contributed by atoms with Crippen LogP contribution in [0.3, 0.4) is 0 Å². The molecule has 3 heterocycles. The number of rotatable bonds is 4. The summed E-state index contributed by atoms with van der Waals surface area (Å²) in [5, 5.41) is 11.1. The van der Waals surface area contributed by atoms with Crippen molar-refractivity contribution in [1.29, 1.82) is 0 Å². The average Bonchev–Trinajstić information content (AvgIpc) is 3.03. The highest BCUT2D eigenvalue weighted by Gasteiger charge is 2.42. The molecule has 3 aliphatic heterocycles. The highest BCUT2D eigenvalue weighted by Crippen LogP contribution is 2.49. The number of alkyl halides is 3. The maximum Gasteiger partial charge on any atom is 0.416 e. The number of halogens is 3. The van der Waals surface area contributed by atoms with E-state index in [1.54, 1.807) is 6.07 Å². The van der Waals surface area contributed by atoms with Crippen LogP contribution in [0, 0.1) is 5.92 Å². The van der Waals surface area contributed by atoms with Crippen molar-refractivity contribution in [2.24, 2.45) is 5.92 Å². The van der Waals surface area contributed by atoms with Crippen molar-refractivity contribution in [3.63, 3.8) is 0 Å². The lowest BCUT2D eigenvalue weighted by Crippen LogP contribution is -2.62. The van der Waals surface area contributed by atoms with Gasteiger partial charge in [0, 0.05) is 35.3 Å². The summed E-state index contributed by atoms with van der Waals surface area (Å²) in [4.78, 5) is 0. The number of benzene rings is 2. The Morgan fingerprint density at radius 2 is 1.68 bits per heavy atom. The molecular formula is C30H40F3N3O. The van der Waals surface area contributed by atoms with E-state index in [2.05, 4.69) is 55.8 Å². The number of fused-ring (bicyclic) bond motifs is 3. The number of anilines is 1. The summed E-state index contributed by atoms with van der Waals surface area (Å²) in [6.45, 7) is 10.2. The summed E-state index contributed by atoms with van der Waals surface area (Å²) in [5.74, 6) is 0.0608. The number of hydrogen-bond donors (Lipinski definition) is 3. The van der Waals surface area contributed by atoms with Gasteiger partial charge < -0.3 is 20.7 Å². The van der Waals surface area contributed by atoms with Gasteiger partial charge in [-0.25, -0.2) is 0 Å². The molecule has 37 heavy (non-hydrogen) atoms. The van der Waals surface area contributed by atoms with Crippen molar-refractivity contribution in [1.82, 2.24) is 10.6 Å². The summed E-state index contributed by atoms with van der Waals surface area (Å²) >= 11 is 0. The number of nitrogens with one attached hydrogen (secondary N) is 3. The fourth-order valence-electron chi connectivity index (χ4n) is 7.11. The van der Waals surface area contributed by atoms with Gasteiger partial charge in [-0.1, -0.05) is 30.3 Å². The smallest absolute Gasteiger partial charge is 0.378 e. The molecule has 0 spiro atoms. The Labute approximate surface area is 218 Å². The molecule has 3 N–H and O–H groups in total. The van der Waals surface area contributed by atoms with Gasteiger partial charge in [0.15, 0.2) is 0 Å². The van der Waals surface area contributed by atoms with E-state index < -0.39 is 11.7 Å². The number of ether oxygens (including phenoxy) is 1. The molecule has 0 amide bonds. The zero-order valence-corrected chi connectivity index (χ0v) is 22.3. The SMILES string of the molecule is CC1(C)CC(NC[C@H]2CC[C@@H]3C(CO2)c2cc(C(F)(F)F)ccc2N[C@H]3c2ccccc2)CC(C)(C)N1. The minimum absolute atomic E-state index is 0.0387. The van der Waals surface area contributed by atoms with E-state index in [-0.39, 0.29) is 35.1 Å². The fraction of sp³-hybridized carbons (Fsp3) is 0.600. The molecule has 5 rings (SSSR count). The van der Waals surface area contributed by atoms with Crippen LogP contribution in [0.4, 0.5) is 18.9 Å². The van der Waals surface area contributed by atoms with Gasteiger partial charge in [-0.2, -0.15) is 13.2 Å². The minimum atomic E-state index is -4.37. The second-order valence-electron chi connectivity index (χ2n) is 12.5.